The molecule has 2 aliphatic heterocycles. The van der Waals surface area contributed by atoms with Crippen LogP contribution in [0.2, 0.25) is 0 Å². The molecule has 0 radical (unpaired) electrons. The lowest BCUT2D eigenvalue weighted by Gasteiger charge is -2.28. The standard InChI is InChI=1S/C30H37FN2O2/c1-20-15-24(22(3)28-5-4-14-35-19-21(28)2)9-13-29(20)25-8-12-27(32-18-25)16-30(34)33-17-23-6-10-26(31)11-7-23/h6-13,15,21-22,28,32H,4-5,14,16-19H2,1-3H3,(H,33,34)/t21-,22?,28?/m0/s1. The van der Waals surface area contributed by atoms with Crippen molar-refractivity contribution in [3.8, 4) is 0 Å². The van der Waals surface area contributed by atoms with Crippen LogP contribution in [0.4, 0.5) is 4.39 Å². The second-order valence-electron chi connectivity index (χ2n) is 10.0. The third-order valence-corrected chi connectivity index (χ3v) is 7.45. The lowest BCUT2D eigenvalue weighted by molar-refractivity contribution is -0.120. The predicted molar refractivity (Wildman–Crippen MR) is 139 cm³/mol. The molecule has 1 amide bonds. The molecule has 0 spiro atoms. The van der Waals surface area contributed by atoms with E-state index in [1.807, 2.05) is 6.08 Å². The molecule has 186 valence electrons. The molecule has 2 heterocycles. The van der Waals surface area contributed by atoms with Crippen LogP contribution in [0, 0.1) is 24.6 Å². The van der Waals surface area contributed by atoms with Crippen LogP contribution in [0.3, 0.4) is 0 Å². The molecule has 1 saturated heterocycles. The number of ether oxygens (including phenoxy) is 1. The van der Waals surface area contributed by atoms with E-state index in [4.69, 9.17) is 4.74 Å². The van der Waals surface area contributed by atoms with Crippen molar-refractivity contribution in [2.75, 3.05) is 19.8 Å². The number of allylic oxidation sites excluding steroid dienone is 2. The Hall–Kier alpha value is -2.92. The van der Waals surface area contributed by atoms with Crippen molar-refractivity contribution in [2.24, 2.45) is 11.8 Å². The van der Waals surface area contributed by atoms with E-state index >= 15 is 0 Å². The molecule has 4 nitrogen and oxygen atoms in total. The Morgan fingerprint density at radius 2 is 2.00 bits per heavy atom. The minimum absolute atomic E-state index is 0.0578. The summed E-state index contributed by atoms with van der Waals surface area (Å²) in [5, 5.41) is 6.30. The summed E-state index contributed by atoms with van der Waals surface area (Å²) in [5.74, 6) is 1.41. The number of amides is 1. The second kappa shape index (κ2) is 11.7. The van der Waals surface area contributed by atoms with Gasteiger partial charge in [-0.1, -0.05) is 50.3 Å². The summed E-state index contributed by atoms with van der Waals surface area (Å²) in [6.45, 7) is 9.71. The van der Waals surface area contributed by atoms with Crippen LogP contribution in [0.15, 0.2) is 60.3 Å². The highest BCUT2D eigenvalue weighted by molar-refractivity contribution is 5.79. The Bertz CT molecular complexity index is 1090. The molecular weight excluding hydrogens is 439 g/mol. The molecule has 4 rings (SSSR count). The minimum Gasteiger partial charge on any atom is -0.384 e. The average Bonchev–Trinajstić information content (AvgIpc) is 3.08. The molecule has 35 heavy (non-hydrogen) atoms. The van der Waals surface area contributed by atoms with Gasteiger partial charge in [0.25, 0.3) is 0 Å². The van der Waals surface area contributed by atoms with Gasteiger partial charge in [0.2, 0.25) is 5.91 Å². The van der Waals surface area contributed by atoms with E-state index in [2.05, 4.69) is 55.7 Å². The Kier molecular flexibility index (Phi) is 8.40. The van der Waals surface area contributed by atoms with Gasteiger partial charge in [-0.05, 0) is 83.6 Å². The molecule has 0 saturated carbocycles. The first kappa shape index (κ1) is 25.2. The molecule has 0 aromatic heterocycles. The topological polar surface area (TPSA) is 50.4 Å². The summed E-state index contributed by atoms with van der Waals surface area (Å²) >= 11 is 0. The van der Waals surface area contributed by atoms with Crippen molar-refractivity contribution >= 4 is 11.5 Å². The molecule has 0 bridgehead atoms. The van der Waals surface area contributed by atoms with E-state index < -0.39 is 0 Å². The van der Waals surface area contributed by atoms with Gasteiger partial charge in [-0.15, -0.1) is 0 Å². The van der Waals surface area contributed by atoms with Gasteiger partial charge >= 0.3 is 0 Å². The van der Waals surface area contributed by atoms with Crippen LogP contribution in [0.1, 0.15) is 61.3 Å². The number of dihydropyridines is 1. The van der Waals surface area contributed by atoms with Gasteiger partial charge in [0, 0.05) is 32.0 Å². The third kappa shape index (κ3) is 6.61. The molecule has 2 aromatic rings. The van der Waals surface area contributed by atoms with E-state index in [1.54, 1.807) is 12.1 Å². The molecule has 1 fully saturated rings. The number of hydrogen-bond donors (Lipinski definition) is 2. The molecule has 2 unspecified atom stereocenters. The number of carbonyl (C=O) groups excluding carboxylic acids is 1. The number of nitrogens with one attached hydrogen (secondary N) is 2. The number of aryl methyl sites for hydroxylation is 1. The van der Waals surface area contributed by atoms with Crippen LogP contribution in [0.25, 0.3) is 5.57 Å². The highest BCUT2D eigenvalue weighted by atomic mass is 19.1. The molecular formula is C30H37FN2O2. The zero-order valence-electron chi connectivity index (χ0n) is 21.1. The maximum Gasteiger partial charge on any atom is 0.226 e. The summed E-state index contributed by atoms with van der Waals surface area (Å²) in [5.41, 5.74) is 6.95. The average molecular weight is 477 g/mol. The van der Waals surface area contributed by atoms with Gasteiger partial charge in [-0.3, -0.25) is 4.79 Å². The van der Waals surface area contributed by atoms with Gasteiger partial charge in [-0.2, -0.15) is 0 Å². The Morgan fingerprint density at radius 1 is 1.20 bits per heavy atom. The summed E-state index contributed by atoms with van der Waals surface area (Å²) in [6, 6.07) is 13.1. The molecule has 2 aromatic carbocycles. The third-order valence-electron chi connectivity index (χ3n) is 7.45. The molecule has 0 aliphatic carbocycles. The highest BCUT2D eigenvalue weighted by Gasteiger charge is 2.27. The largest absolute Gasteiger partial charge is 0.384 e. The fourth-order valence-electron chi connectivity index (χ4n) is 5.29. The van der Waals surface area contributed by atoms with E-state index in [0.29, 0.717) is 37.3 Å². The maximum absolute atomic E-state index is 13.0. The number of halogens is 1. The normalized spacial score (nSPS) is 21.3. The smallest absolute Gasteiger partial charge is 0.226 e. The van der Waals surface area contributed by atoms with Crippen LogP contribution in [-0.4, -0.2) is 25.7 Å². The summed E-state index contributed by atoms with van der Waals surface area (Å²) < 4.78 is 18.8. The zero-order valence-corrected chi connectivity index (χ0v) is 21.1. The first-order valence-corrected chi connectivity index (χ1v) is 12.7. The molecule has 2 aliphatic rings. The van der Waals surface area contributed by atoms with Crippen molar-refractivity contribution in [1.82, 2.24) is 10.6 Å². The SMILES string of the molecule is Cc1cc(C(C)C2CCCOC[C@@H]2C)ccc1C1=CC=C(CC(=O)NCc2ccc(F)cc2)NC1. The fraction of sp³-hybridized carbons (Fsp3) is 0.433. The first-order chi connectivity index (χ1) is 16.9. The van der Waals surface area contributed by atoms with Gasteiger partial charge < -0.3 is 15.4 Å². The Balaban J connectivity index is 1.36. The zero-order chi connectivity index (χ0) is 24.8. The van der Waals surface area contributed by atoms with Gasteiger partial charge in [0.05, 0.1) is 6.42 Å². The predicted octanol–water partition coefficient (Wildman–Crippen LogP) is 5.88. The molecule has 5 heteroatoms. The fourth-order valence-corrected chi connectivity index (χ4v) is 5.29. The summed E-state index contributed by atoms with van der Waals surface area (Å²) in [7, 11) is 0. The van der Waals surface area contributed by atoms with Gasteiger partial charge in [0.15, 0.2) is 0 Å². The summed E-state index contributed by atoms with van der Waals surface area (Å²) in [6.07, 6.45) is 6.79. The van der Waals surface area contributed by atoms with Gasteiger partial charge in [-0.25, -0.2) is 4.39 Å². The highest BCUT2D eigenvalue weighted by Crippen LogP contribution is 2.36. The van der Waals surface area contributed by atoms with Crippen molar-refractivity contribution in [2.45, 2.75) is 52.5 Å². The van der Waals surface area contributed by atoms with Gasteiger partial charge in [0.1, 0.15) is 5.82 Å². The van der Waals surface area contributed by atoms with E-state index in [0.717, 1.165) is 30.9 Å². The van der Waals surface area contributed by atoms with Crippen molar-refractivity contribution in [3.05, 3.63) is 88.4 Å². The van der Waals surface area contributed by atoms with E-state index in [-0.39, 0.29) is 11.7 Å². The first-order valence-electron chi connectivity index (χ1n) is 12.7. The van der Waals surface area contributed by atoms with Crippen molar-refractivity contribution < 1.29 is 13.9 Å². The minimum atomic E-state index is -0.275. The lowest BCUT2D eigenvalue weighted by atomic mass is 9.77. The number of benzene rings is 2. The molecule has 3 atom stereocenters. The second-order valence-corrected chi connectivity index (χ2v) is 10.0. The monoisotopic (exact) mass is 476 g/mol. The van der Waals surface area contributed by atoms with E-state index in [9.17, 15) is 9.18 Å². The molecule has 2 N–H and O–H groups in total. The lowest BCUT2D eigenvalue weighted by Crippen LogP contribution is -2.28. The van der Waals surface area contributed by atoms with Crippen molar-refractivity contribution in [3.63, 3.8) is 0 Å². The number of hydrogen-bond acceptors (Lipinski definition) is 3. The van der Waals surface area contributed by atoms with Crippen LogP contribution >= 0.6 is 0 Å². The van der Waals surface area contributed by atoms with Crippen LogP contribution in [-0.2, 0) is 16.1 Å². The summed E-state index contributed by atoms with van der Waals surface area (Å²) in [4.78, 5) is 12.3. The quantitative estimate of drug-likeness (QED) is 0.525. The number of carbonyl (C=O) groups is 1. The Labute approximate surface area is 208 Å². The number of rotatable bonds is 7. The van der Waals surface area contributed by atoms with Crippen molar-refractivity contribution in [1.29, 1.82) is 0 Å². The van der Waals surface area contributed by atoms with Crippen LogP contribution < -0.4 is 10.6 Å². The van der Waals surface area contributed by atoms with Crippen LogP contribution in [0.5, 0.6) is 0 Å². The Morgan fingerprint density at radius 3 is 2.71 bits per heavy atom. The van der Waals surface area contributed by atoms with E-state index in [1.165, 1.54) is 40.8 Å². The maximum atomic E-state index is 13.0.